The van der Waals surface area contributed by atoms with Crippen molar-refractivity contribution in [2.24, 2.45) is 0 Å². The summed E-state index contributed by atoms with van der Waals surface area (Å²) in [6.07, 6.45) is 10.1. The number of benzene rings is 1. The minimum atomic E-state index is 0. The summed E-state index contributed by atoms with van der Waals surface area (Å²) in [5, 5.41) is 11.4. The average molecular weight is 258 g/mol. The molecule has 1 nitrogen and oxygen atoms in total. The van der Waals surface area contributed by atoms with Gasteiger partial charge in [0.05, 0.1) is 0 Å². The SMILES string of the molecule is CCCCCCCCCc1ccccc1[O-].[K+]. The summed E-state index contributed by atoms with van der Waals surface area (Å²) in [7, 11) is 0. The van der Waals surface area contributed by atoms with Crippen LogP contribution in [0.4, 0.5) is 0 Å². The third-order valence-corrected chi connectivity index (χ3v) is 3.02. The second-order valence-electron chi connectivity index (χ2n) is 4.48. The molecule has 0 spiro atoms. The van der Waals surface area contributed by atoms with Crippen LogP contribution in [0.2, 0.25) is 0 Å². The summed E-state index contributed by atoms with van der Waals surface area (Å²) >= 11 is 0. The number of rotatable bonds is 8. The van der Waals surface area contributed by atoms with Crippen molar-refractivity contribution >= 4 is 0 Å². The van der Waals surface area contributed by atoms with E-state index in [9.17, 15) is 5.11 Å². The van der Waals surface area contributed by atoms with E-state index in [2.05, 4.69) is 6.92 Å². The van der Waals surface area contributed by atoms with Gasteiger partial charge in [0.2, 0.25) is 0 Å². The van der Waals surface area contributed by atoms with Gasteiger partial charge in [-0.15, -0.1) is 5.75 Å². The van der Waals surface area contributed by atoms with Gasteiger partial charge in [-0.3, -0.25) is 0 Å². The van der Waals surface area contributed by atoms with Gasteiger partial charge in [0.1, 0.15) is 0 Å². The van der Waals surface area contributed by atoms with Crippen molar-refractivity contribution in [1.82, 2.24) is 0 Å². The van der Waals surface area contributed by atoms with Crippen molar-refractivity contribution in [3.8, 4) is 5.75 Å². The van der Waals surface area contributed by atoms with Crippen LogP contribution in [0, 0.1) is 0 Å². The molecule has 0 aromatic heterocycles. The molecule has 0 bridgehead atoms. The molecule has 1 rings (SSSR count). The Morgan fingerprint density at radius 2 is 1.47 bits per heavy atom. The minimum Gasteiger partial charge on any atom is -0.872 e. The maximum Gasteiger partial charge on any atom is 1.00 e. The van der Waals surface area contributed by atoms with Crippen LogP contribution in [0.25, 0.3) is 0 Å². The fraction of sp³-hybridized carbons (Fsp3) is 0.600. The van der Waals surface area contributed by atoms with Crippen LogP contribution in [-0.2, 0) is 6.42 Å². The molecule has 0 radical (unpaired) electrons. The summed E-state index contributed by atoms with van der Waals surface area (Å²) in [6, 6.07) is 7.39. The summed E-state index contributed by atoms with van der Waals surface area (Å²) in [6.45, 7) is 2.24. The maximum atomic E-state index is 11.4. The van der Waals surface area contributed by atoms with E-state index in [0.717, 1.165) is 18.4 Å². The van der Waals surface area contributed by atoms with E-state index < -0.39 is 0 Å². The monoisotopic (exact) mass is 258 g/mol. The molecular weight excluding hydrogens is 235 g/mol. The number of para-hydroxylation sites is 1. The van der Waals surface area contributed by atoms with Crippen molar-refractivity contribution in [3.05, 3.63) is 29.8 Å². The second kappa shape index (κ2) is 11.7. The Labute approximate surface area is 148 Å². The molecule has 0 aliphatic heterocycles. The third kappa shape index (κ3) is 8.39. The third-order valence-electron chi connectivity index (χ3n) is 3.02. The standard InChI is InChI=1S/C15H24O.K/c1-2-3-4-5-6-7-8-11-14-12-9-10-13-15(14)16;/h9-10,12-13,16H,2-8,11H2,1H3;/q;+1/p-1. The summed E-state index contributed by atoms with van der Waals surface area (Å²) < 4.78 is 0. The van der Waals surface area contributed by atoms with Gasteiger partial charge in [-0.25, -0.2) is 0 Å². The molecule has 0 saturated heterocycles. The van der Waals surface area contributed by atoms with Gasteiger partial charge in [-0.05, 0) is 12.8 Å². The van der Waals surface area contributed by atoms with E-state index in [1.165, 1.54) is 38.5 Å². The number of hydrogen-bond acceptors (Lipinski definition) is 1. The van der Waals surface area contributed by atoms with Gasteiger partial charge in [0.25, 0.3) is 0 Å². The van der Waals surface area contributed by atoms with Crippen LogP contribution in [0.1, 0.15) is 57.4 Å². The molecular formula is C15H23KO. The topological polar surface area (TPSA) is 23.1 Å². The zero-order chi connectivity index (χ0) is 11.6. The molecule has 0 aliphatic carbocycles. The smallest absolute Gasteiger partial charge is 0.872 e. The summed E-state index contributed by atoms with van der Waals surface area (Å²) in [5.41, 5.74) is 0.982. The van der Waals surface area contributed by atoms with Gasteiger partial charge in [0, 0.05) is 0 Å². The molecule has 0 aliphatic rings. The Hall–Kier alpha value is 0.656. The van der Waals surface area contributed by atoms with Gasteiger partial charge >= 0.3 is 51.4 Å². The van der Waals surface area contributed by atoms with E-state index in [1.54, 1.807) is 6.07 Å². The van der Waals surface area contributed by atoms with Crippen LogP contribution < -0.4 is 56.5 Å². The van der Waals surface area contributed by atoms with Crippen LogP contribution in [0.5, 0.6) is 5.75 Å². The first-order valence-electron chi connectivity index (χ1n) is 6.59. The number of unbranched alkanes of at least 4 members (excludes halogenated alkanes) is 6. The molecule has 0 amide bonds. The average Bonchev–Trinajstić information content (AvgIpc) is 2.30. The molecule has 0 heterocycles. The molecule has 90 valence electrons. The largest absolute Gasteiger partial charge is 1.00 e. The molecule has 0 saturated carbocycles. The van der Waals surface area contributed by atoms with E-state index in [4.69, 9.17) is 0 Å². The molecule has 1 aromatic carbocycles. The Kier molecular flexibility index (Phi) is 12.2. The zero-order valence-electron chi connectivity index (χ0n) is 11.4. The predicted octanol–water partition coefficient (Wildman–Crippen LogP) is 1.06. The fourth-order valence-electron chi connectivity index (χ4n) is 1.98. The summed E-state index contributed by atoms with van der Waals surface area (Å²) in [5.74, 6) is 0.202. The van der Waals surface area contributed by atoms with E-state index in [-0.39, 0.29) is 57.1 Å². The van der Waals surface area contributed by atoms with Crippen molar-refractivity contribution in [3.63, 3.8) is 0 Å². The first kappa shape index (κ1) is 17.7. The number of aryl methyl sites for hydroxylation is 1. The van der Waals surface area contributed by atoms with Crippen LogP contribution in [-0.4, -0.2) is 0 Å². The van der Waals surface area contributed by atoms with Crippen LogP contribution >= 0.6 is 0 Å². The minimum absolute atomic E-state index is 0. The van der Waals surface area contributed by atoms with Gasteiger partial charge < -0.3 is 5.11 Å². The Morgan fingerprint density at radius 3 is 2.12 bits per heavy atom. The Balaban J connectivity index is 0.00000256. The number of hydrogen-bond donors (Lipinski definition) is 0. The van der Waals surface area contributed by atoms with E-state index >= 15 is 0 Å². The Bertz CT molecular complexity index is 286. The molecule has 1 aromatic rings. The Morgan fingerprint density at radius 1 is 0.882 bits per heavy atom. The fourth-order valence-corrected chi connectivity index (χ4v) is 1.98. The first-order chi connectivity index (χ1) is 7.84. The zero-order valence-corrected chi connectivity index (χ0v) is 14.5. The second-order valence-corrected chi connectivity index (χ2v) is 4.48. The molecule has 0 N–H and O–H groups in total. The first-order valence-corrected chi connectivity index (χ1v) is 6.59. The van der Waals surface area contributed by atoms with Gasteiger partial charge in [0.15, 0.2) is 0 Å². The normalized spacial score (nSPS) is 9.94. The quantitative estimate of drug-likeness (QED) is 0.505. The molecule has 17 heavy (non-hydrogen) atoms. The van der Waals surface area contributed by atoms with Crippen molar-refractivity contribution in [2.75, 3.05) is 0 Å². The molecule has 2 heteroatoms. The predicted molar refractivity (Wildman–Crippen MR) is 67.6 cm³/mol. The molecule has 0 atom stereocenters. The summed E-state index contributed by atoms with van der Waals surface area (Å²) in [4.78, 5) is 0. The van der Waals surface area contributed by atoms with Gasteiger partial charge in [-0.1, -0.05) is 75.3 Å². The van der Waals surface area contributed by atoms with E-state index in [1.807, 2.05) is 18.2 Å². The van der Waals surface area contributed by atoms with Crippen LogP contribution in [0.15, 0.2) is 24.3 Å². The van der Waals surface area contributed by atoms with E-state index in [0.29, 0.717) is 0 Å². The van der Waals surface area contributed by atoms with Crippen LogP contribution in [0.3, 0.4) is 0 Å². The van der Waals surface area contributed by atoms with Gasteiger partial charge in [-0.2, -0.15) is 0 Å². The van der Waals surface area contributed by atoms with Crippen molar-refractivity contribution in [2.45, 2.75) is 58.3 Å². The van der Waals surface area contributed by atoms with Crippen molar-refractivity contribution in [1.29, 1.82) is 0 Å². The molecule has 0 fully saturated rings. The van der Waals surface area contributed by atoms with Crippen molar-refractivity contribution < 1.29 is 56.5 Å². The maximum absolute atomic E-state index is 11.4. The molecule has 0 unspecified atom stereocenters.